The molecule has 0 atom stereocenters. The highest BCUT2D eigenvalue weighted by atomic mass is 35.5. The molecule has 5 nitrogen and oxygen atoms in total. The second-order valence-electron chi connectivity index (χ2n) is 4.62. The molecule has 1 heterocycles. The number of hydrazone groups is 1. The molecule has 0 saturated carbocycles. The average Bonchev–Trinajstić information content (AvgIpc) is 2.52. The van der Waals surface area contributed by atoms with E-state index in [1.807, 2.05) is 19.1 Å². The van der Waals surface area contributed by atoms with Gasteiger partial charge in [-0.15, -0.1) is 0 Å². The molecule has 6 heteroatoms. The zero-order valence-electron chi connectivity index (χ0n) is 12.1. The van der Waals surface area contributed by atoms with Crippen LogP contribution in [0.1, 0.15) is 18.9 Å². The summed E-state index contributed by atoms with van der Waals surface area (Å²) in [6.45, 7) is 1.88. The summed E-state index contributed by atoms with van der Waals surface area (Å²) in [6.07, 6.45) is 2.22. The van der Waals surface area contributed by atoms with Gasteiger partial charge in [0.25, 0.3) is 11.5 Å². The zero-order valence-corrected chi connectivity index (χ0v) is 12.9. The first-order valence-corrected chi connectivity index (χ1v) is 7.24. The third-order valence-electron chi connectivity index (χ3n) is 3.04. The normalized spacial score (nSPS) is 11.3. The Labute approximate surface area is 133 Å². The highest BCUT2D eigenvalue weighted by Gasteiger charge is 2.05. The van der Waals surface area contributed by atoms with Crippen molar-refractivity contribution in [2.24, 2.45) is 5.10 Å². The Morgan fingerprint density at radius 2 is 1.95 bits per heavy atom. The van der Waals surface area contributed by atoms with Gasteiger partial charge in [-0.05, 0) is 30.2 Å². The van der Waals surface area contributed by atoms with Gasteiger partial charge < -0.3 is 4.57 Å². The first-order chi connectivity index (χ1) is 10.6. The summed E-state index contributed by atoms with van der Waals surface area (Å²) < 4.78 is 1.32. The van der Waals surface area contributed by atoms with Crippen LogP contribution in [0.2, 0.25) is 5.02 Å². The predicted molar refractivity (Wildman–Crippen MR) is 87.1 cm³/mol. The van der Waals surface area contributed by atoms with Gasteiger partial charge in [-0.25, -0.2) is 5.43 Å². The SMILES string of the molecule is CC/C(=N/NC(=O)Cn1ccccc1=O)c1ccc(Cl)cc1. The Morgan fingerprint density at radius 1 is 1.23 bits per heavy atom. The van der Waals surface area contributed by atoms with Crippen LogP contribution >= 0.6 is 11.6 Å². The summed E-state index contributed by atoms with van der Waals surface area (Å²) >= 11 is 5.85. The number of hydrogen-bond acceptors (Lipinski definition) is 3. The Kier molecular flexibility index (Phi) is 5.49. The number of benzene rings is 1. The van der Waals surface area contributed by atoms with Crippen molar-refractivity contribution in [1.29, 1.82) is 0 Å². The lowest BCUT2D eigenvalue weighted by molar-refractivity contribution is -0.121. The molecule has 114 valence electrons. The molecular weight excluding hydrogens is 302 g/mol. The Morgan fingerprint density at radius 3 is 2.59 bits per heavy atom. The molecule has 0 fully saturated rings. The van der Waals surface area contributed by atoms with Crippen molar-refractivity contribution < 1.29 is 4.79 Å². The molecular formula is C16H16ClN3O2. The van der Waals surface area contributed by atoms with E-state index in [1.165, 1.54) is 10.6 Å². The van der Waals surface area contributed by atoms with Crippen LogP contribution in [0.25, 0.3) is 0 Å². The number of nitrogens with zero attached hydrogens (tertiary/aromatic N) is 2. The van der Waals surface area contributed by atoms with Crippen LogP contribution in [0.4, 0.5) is 0 Å². The fourth-order valence-corrected chi connectivity index (χ4v) is 2.03. The lowest BCUT2D eigenvalue weighted by Gasteiger charge is -2.06. The summed E-state index contributed by atoms with van der Waals surface area (Å²) in [7, 11) is 0. The molecule has 0 bridgehead atoms. The molecule has 2 rings (SSSR count). The second kappa shape index (κ2) is 7.56. The van der Waals surface area contributed by atoms with Crippen LogP contribution in [-0.2, 0) is 11.3 Å². The number of rotatable bonds is 5. The largest absolute Gasteiger partial charge is 0.306 e. The van der Waals surface area contributed by atoms with Crippen molar-refractivity contribution in [2.45, 2.75) is 19.9 Å². The molecule has 0 saturated heterocycles. The lowest BCUT2D eigenvalue weighted by Crippen LogP contribution is -2.29. The van der Waals surface area contributed by atoms with E-state index in [-0.39, 0.29) is 18.0 Å². The quantitative estimate of drug-likeness (QED) is 0.680. The van der Waals surface area contributed by atoms with Crippen molar-refractivity contribution >= 4 is 23.2 Å². The summed E-state index contributed by atoms with van der Waals surface area (Å²) in [6, 6.07) is 12.0. The average molecular weight is 318 g/mol. The molecule has 0 radical (unpaired) electrons. The number of nitrogens with one attached hydrogen (secondary N) is 1. The Hall–Kier alpha value is -2.40. The van der Waals surface area contributed by atoms with Gasteiger partial charge in [-0.2, -0.15) is 5.10 Å². The monoisotopic (exact) mass is 317 g/mol. The van der Waals surface area contributed by atoms with Gasteiger partial charge in [-0.1, -0.05) is 36.7 Å². The van der Waals surface area contributed by atoms with Crippen molar-refractivity contribution in [3.05, 3.63) is 69.6 Å². The standard InChI is InChI=1S/C16H16ClN3O2/c1-2-14(12-6-8-13(17)9-7-12)18-19-15(21)11-20-10-4-3-5-16(20)22/h3-10H,2,11H2,1H3,(H,19,21)/b18-14-. The Bertz CT molecular complexity index is 736. The third-order valence-corrected chi connectivity index (χ3v) is 3.29. The number of pyridine rings is 1. The van der Waals surface area contributed by atoms with Crippen LogP contribution < -0.4 is 11.0 Å². The molecule has 1 aromatic carbocycles. The van der Waals surface area contributed by atoms with Gasteiger partial charge in [0.05, 0.1) is 5.71 Å². The van der Waals surface area contributed by atoms with Crippen molar-refractivity contribution in [1.82, 2.24) is 9.99 Å². The highest BCUT2D eigenvalue weighted by Crippen LogP contribution is 2.11. The number of aromatic nitrogens is 1. The van der Waals surface area contributed by atoms with E-state index >= 15 is 0 Å². The van der Waals surface area contributed by atoms with E-state index in [4.69, 9.17) is 11.6 Å². The molecule has 0 spiro atoms. The van der Waals surface area contributed by atoms with Gasteiger partial charge in [0.2, 0.25) is 0 Å². The minimum Gasteiger partial charge on any atom is -0.306 e. The van der Waals surface area contributed by atoms with E-state index < -0.39 is 0 Å². The van der Waals surface area contributed by atoms with Crippen LogP contribution in [-0.4, -0.2) is 16.2 Å². The molecule has 1 aromatic heterocycles. The molecule has 2 aromatic rings. The lowest BCUT2D eigenvalue weighted by atomic mass is 10.1. The number of carbonyl (C=O) groups is 1. The minimum atomic E-state index is -0.354. The first kappa shape index (κ1) is 16.0. The molecule has 1 amide bonds. The first-order valence-electron chi connectivity index (χ1n) is 6.87. The maximum Gasteiger partial charge on any atom is 0.260 e. The number of hydrogen-bond donors (Lipinski definition) is 1. The smallest absolute Gasteiger partial charge is 0.260 e. The van der Waals surface area contributed by atoms with Crippen LogP contribution in [0.5, 0.6) is 0 Å². The van der Waals surface area contributed by atoms with Crippen molar-refractivity contribution in [2.75, 3.05) is 0 Å². The Balaban J connectivity index is 2.05. The van der Waals surface area contributed by atoms with Crippen molar-refractivity contribution in [3.8, 4) is 0 Å². The van der Waals surface area contributed by atoms with E-state index in [9.17, 15) is 9.59 Å². The van der Waals surface area contributed by atoms with Gasteiger partial charge in [0.15, 0.2) is 0 Å². The van der Waals surface area contributed by atoms with Crippen LogP contribution in [0.15, 0.2) is 58.6 Å². The van der Waals surface area contributed by atoms with Gasteiger partial charge in [0.1, 0.15) is 6.54 Å². The van der Waals surface area contributed by atoms with Gasteiger partial charge >= 0.3 is 0 Å². The molecule has 0 aliphatic heterocycles. The van der Waals surface area contributed by atoms with Gasteiger partial charge in [-0.3, -0.25) is 9.59 Å². The van der Waals surface area contributed by atoms with E-state index in [0.29, 0.717) is 11.4 Å². The summed E-state index contributed by atoms with van der Waals surface area (Å²) in [5.41, 5.74) is 3.89. The maximum absolute atomic E-state index is 11.9. The molecule has 1 N–H and O–H groups in total. The molecule has 0 unspecified atom stereocenters. The fraction of sp³-hybridized carbons (Fsp3) is 0.188. The van der Waals surface area contributed by atoms with Gasteiger partial charge in [0, 0.05) is 17.3 Å². The topological polar surface area (TPSA) is 63.5 Å². The summed E-state index contributed by atoms with van der Waals surface area (Å²) in [5, 5.41) is 4.77. The van der Waals surface area contributed by atoms with Crippen molar-refractivity contribution in [3.63, 3.8) is 0 Å². The van der Waals surface area contributed by atoms with Crippen LogP contribution in [0.3, 0.4) is 0 Å². The van der Waals surface area contributed by atoms with E-state index in [0.717, 1.165) is 11.3 Å². The number of halogens is 1. The predicted octanol–water partition coefficient (Wildman–Crippen LogP) is 2.43. The molecule has 0 aliphatic carbocycles. The third kappa shape index (κ3) is 4.30. The molecule has 22 heavy (non-hydrogen) atoms. The minimum absolute atomic E-state index is 0.0687. The summed E-state index contributed by atoms with van der Waals surface area (Å²) in [4.78, 5) is 23.4. The summed E-state index contributed by atoms with van der Waals surface area (Å²) in [5.74, 6) is -0.354. The number of amides is 1. The van der Waals surface area contributed by atoms with E-state index in [2.05, 4.69) is 10.5 Å². The highest BCUT2D eigenvalue weighted by molar-refractivity contribution is 6.30. The van der Waals surface area contributed by atoms with Crippen LogP contribution in [0, 0.1) is 0 Å². The van der Waals surface area contributed by atoms with E-state index in [1.54, 1.807) is 30.5 Å². The molecule has 0 aliphatic rings. The fourth-order valence-electron chi connectivity index (χ4n) is 1.90. The second-order valence-corrected chi connectivity index (χ2v) is 5.06. The maximum atomic E-state index is 11.9. The zero-order chi connectivity index (χ0) is 15.9. The number of carbonyl (C=O) groups excluding carboxylic acids is 1.